The molecule has 4 aromatic rings. The fourth-order valence-electron chi connectivity index (χ4n) is 4.46. The summed E-state index contributed by atoms with van der Waals surface area (Å²) >= 11 is 0. The minimum atomic E-state index is 0.159. The predicted octanol–water partition coefficient (Wildman–Crippen LogP) is 7.60. The molecule has 0 fully saturated rings. The van der Waals surface area contributed by atoms with Gasteiger partial charge in [-0.3, -0.25) is 0 Å². The third kappa shape index (κ3) is 3.99. The van der Waals surface area contributed by atoms with Gasteiger partial charge in [-0.1, -0.05) is 78.9 Å². The molecule has 1 aliphatic carbocycles. The molecule has 0 N–H and O–H groups in total. The summed E-state index contributed by atoms with van der Waals surface area (Å²) in [5.41, 5.74) is 8.28. The van der Waals surface area contributed by atoms with Gasteiger partial charge in [0.2, 0.25) is 0 Å². The zero-order valence-corrected chi connectivity index (χ0v) is 18.5. The average molecular weight is 436 g/mol. The van der Waals surface area contributed by atoms with Crippen LogP contribution in [0.25, 0.3) is 11.6 Å². The van der Waals surface area contributed by atoms with Crippen molar-refractivity contribution in [2.75, 3.05) is 4.90 Å². The molecular formula is C31H21N3. The van der Waals surface area contributed by atoms with E-state index in [4.69, 9.17) is 0 Å². The van der Waals surface area contributed by atoms with E-state index in [1.54, 1.807) is 0 Å². The summed E-state index contributed by atoms with van der Waals surface area (Å²) in [6.45, 7) is 0. The highest BCUT2D eigenvalue weighted by atomic mass is 15.1. The van der Waals surface area contributed by atoms with Crippen LogP contribution in [0.4, 0.5) is 17.1 Å². The van der Waals surface area contributed by atoms with Gasteiger partial charge in [0.1, 0.15) is 17.7 Å². The SMILES string of the molecule is N#CC(C#N)=C1C(=Cc2ccc(N(c3ccccc3)c3ccccc3)cc2)Cc2ccccc21. The number of nitriles is 2. The van der Waals surface area contributed by atoms with Crippen LogP contribution >= 0.6 is 0 Å². The Morgan fingerprint density at radius 2 is 1.18 bits per heavy atom. The van der Waals surface area contributed by atoms with E-state index in [1.165, 1.54) is 0 Å². The molecule has 0 saturated carbocycles. The van der Waals surface area contributed by atoms with Crippen LogP contribution in [-0.2, 0) is 6.42 Å². The number of anilines is 3. The monoisotopic (exact) mass is 435 g/mol. The van der Waals surface area contributed by atoms with Crippen molar-refractivity contribution in [2.45, 2.75) is 6.42 Å². The Kier molecular flexibility index (Phi) is 5.76. The highest BCUT2D eigenvalue weighted by molar-refractivity contribution is 5.95. The van der Waals surface area contributed by atoms with Gasteiger partial charge in [0.05, 0.1) is 0 Å². The molecule has 3 nitrogen and oxygen atoms in total. The topological polar surface area (TPSA) is 50.8 Å². The number of hydrogen-bond acceptors (Lipinski definition) is 3. The van der Waals surface area contributed by atoms with E-state index in [2.05, 4.69) is 77.7 Å². The van der Waals surface area contributed by atoms with Crippen LogP contribution in [0.3, 0.4) is 0 Å². The molecule has 0 spiro atoms. The van der Waals surface area contributed by atoms with Gasteiger partial charge in [-0.25, -0.2) is 0 Å². The summed E-state index contributed by atoms with van der Waals surface area (Å²) in [6.07, 6.45) is 2.80. The lowest BCUT2D eigenvalue weighted by Crippen LogP contribution is -2.09. The second-order valence-corrected chi connectivity index (χ2v) is 8.08. The first-order valence-corrected chi connectivity index (χ1v) is 11.1. The molecule has 1 aliphatic rings. The highest BCUT2D eigenvalue weighted by Gasteiger charge is 2.24. The molecule has 0 aromatic heterocycles. The summed E-state index contributed by atoms with van der Waals surface area (Å²) in [7, 11) is 0. The number of hydrogen-bond donors (Lipinski definition) is 0. The number of para-hydroxylation sites is 2. The van der Waals surface area contributed by atoms with Crippen LogP contribution in [0.5, 0.6) is 0 Å². The first kappa shape index (κ1) is 21.0. The van der Waals surface area contributed by atoms with Gasteiger partial charge in [0.25, 0.3) is 0 Å². The molecule has 4 aromatic carbocycles. The fraction of sp³-hybridized carbons (Fsp3) is 0.0323. The van der Waals surface area contributed by atoms with Crippen molar-refractivity contribution < 1.29 is 0 Å². The van der Waals surface area contributed by atoms with E-state index in [9.17, 15) is 10.5 Å². The van der Waals surface area contributed by atoms with Gasteiger partial charge in [-0.2, -0.15) is 10.5 Å². The first-order chi connectivity index (χ1) is 16.8. The maximum atomic E-state index is 9.55. The molecule has 160 valence electrons. The number of allylic oxidation sites excluding steroid dienone is 3. The standard InChI is InChI=1S/C31H21N3/c32-21-26(22-33)31-25(20-24-9-7-8-14-30(24)31)19-23-15-17-29(18-16-23)34(27-10-3-1-4-11-27)28-12-5-2-6-13-28/h1-19H,20H2. The Labute approximate surface area is 199 Å². The van der Waals surface area contributed by atoms with Gasteiger partial charge >= 0.3 is 0 Å². The quantitative estimate of drug-likeness (QED) is 0.310. The van der Waals surface area contributed by atoms with Gasteiger partial charge in [0, 0.05) is 22.6 Å². The molecule has 0 unspecified atom stereocenters. The maximum absolute atomic E-state index is 9.55. The fourth-order valence-corrected chi connectivity index (χ4v) is 4.46. The van der Waals surface area contributed by atoms with E-state index in [1.807, 2.05) is 54.6 Å². The number of benzene rings is 4. The summed E-state index contributed by atoms with van der Waals surface area (Å²) in [6, 6.07) is 41.1. The molecule has 0 amide bonds. The van der Waals surface area contributed by atoms with E-state index in [0.29, 0.717) is 6.42 Å². The third-order valence-corrected chi connectivity index (χ3v) is 5.98. The highest BCUT2D eigenvalue weighted by Crippen LogP contribution is 2.40. The van der Waals surface area contributed by atoms with Gasteiger partial charge in [-0.15, -0.1) is 0 Å². The zero-order chi connectivity index (χ0) is 23.3. The Balaban J connectivity index is 1.54. The van der Waals surface area contributed by atoms with Crippen molar-refractivity contribution in [1.82, 2.24) is 0 Å². The normalized spacial score (nSPS) is 13.1. The van der Waals surface area contributed by atoms with E-state index < -0.39 is 0 Å². The van der Waals surface area contributed by atoms with Crippen molar-refractivity contribution in [1.29, 1.82) is 10.5 Å². The minimum absolute atomic E-state index is 0.159. The van der Waals surface area contributed by atoms with Crippen LogP contribution < -0.4 is 4.90 Å². The Bertz CT molecular complexity index is 1410. The lowest BCUT2D eigenvalue weighted by Gasteiger charge is -2.25. The molecule has 3 heteroatoms. The predicted molar refractivity (Wildman–Crippen MR) is 137 cm³/mol. The Hall–Kier alpha value is -4.86. The van der Waals surface area contributed by atoms with Crippen molar-refractivity contribution in [3.05, 3.63) is 137 Å². The summed E-state index contributed by atoms with van der Waals surface area (Å²) in [4.78, 5) is 2.22. The van der Waals surface area contributed by atoms with Crippen LogP contribution in [0.1, 0.15) is 16.7 Å². The Morgan fingerprint density at radius 1 is 0.647 bits per heavy atom. The first-order valence-electron chi connectivity index (χ1n) is 11.1. The van der Waals surface area contributed by atoms with Gasteiger partial charge < -0.3 is 4.90 Å². The molecule has 0 bridgehead atoms. The van der Waals surface area contributed by atoms with Gasteiger partial charge in [0.15, 0.2) is 0 Å². The molecule has 5 rings (SSSR count). The van der Waals surface area contributed by atoms with Crippen molar-refractivity contribution in [3.8, 4) is 12.1 Å². The number of fused-ring (bicyclic) bond motifs is 1. The average Bonchev–Trinajstić information content (AvgIpc) is 3.25. The molecule has 34 heavy (non-hydrogen) atoms. The van der Waals surface area contributed by atoms with Gasteiger partial charge in [-0.05, 0) is 65.1 Å². The smallest absolute Gasteiger partial charge is 0.137 e. The van der Waals surface area contributed by atoms with Crippen molar-refractivity contribution in [3.63, 3.8) is 0 Å². The van der Waals surface area contributed by atoms with Crippen LogP contribution in [-0.4, -0.2) is 0 Å². The second kappa shape index (κ2) is 9.33. The van der Waals surface area contributed by atoms with Crippen molar-refractivity contribution in [2.24, 2.45) is 0 Å². The molecule has 0 aliphatic heterocycles. The zero-order valence-electron chi connectivity index (χ0n) is 18.5. The van der Waals surface area contributed by atoms with Crippen molar-refractivity contribution >= 4 is 28.7 Å². The van der Waals surface area contributed by atoms with Crippen LogP contribution in [0.15, 0.2) is 120 Å². The molecular weight excluding hydrogens is 414 g/mol. The Morgan fingerprint density at radius 3 is 1.76 bits per heavy atom. The molecule has 0 saturated heterocycles. The third-order valence-electron chi connectivity index (χ3n) is 5.98. The maximum Gasteiger partial charge on any atom is 0.137 e. The van der Waals surface area contributed by atoms with E-state index in [-0.39, 0.29) is 5.57 Å². The molecule has 0 heterocycles. The second-order valence-electron chi connectivity index (χ2n) is 8.08. The number of rotatable bonds is 4. The largest absolute Gasteiger partial charge is 0.311 e. The summed E-state index contributed by atoms with van der Waals surface area (Å²) in [5, 5.41) is 19.1. The lowest BCUT2D eigenvalue weighted by atomic mass is 9.98. The number of nitrogens with zero attached hydrogens (tertiary/aromatic N) is 3. The molecule has 0 atom stereocenters. The minimum Gasteiger partial charge on any atom is -0.311 e. The van der Waals surface area contributed by atoms with Crippen LogP contribution in [0, 0.1) is 22.7 Å². The van der Waals surface area contributed by atoms with E-state index in [0.717, 1.165) is 44.9 Å². The summed E-state index contributed by atoms with van der Waals surface area (Å²) < 4.78 is 0. The van der Waals surface area contributed by atoms with E-state index >= 15 is 0 Å². The summed E-state index contributed by atoms with van der Waals surface area (Å²) in [5.74, 6) is 0. The molecule has 0 radical (unpaired) electrons. The van der Waals surface area contributed by atoms with Crippen LogP contribution in [0.2, 0.25) is 0 Å². The lowest BCUT2D eigenvalue weighted by molar-refractivity contribution is 1.27.